The third kappa shape index (κ3) is 4.04. The Balaban J connectivity index is 2.24. The smallest absolute Gasteiger partial charge is 0.129 e. The fourth-order valence-corrected chi connectivity index (χ4v) is 3.02. The molecule has 1 aromatic carbocycles. The molecule has 0 spiro atoms. The van der Waals surface area contributed by atoms with Gasteiger partial charge < -0.3 is 5.32 Å². The topological polar surface area (TPSA) is 37.8 Å². The molecule has 1 N–H and O–H groups in total. The molecule has 0 bridgehead atoms. The van der Waals surface area contributed by atoms with Gasteiger partial charge in [0.05, 0.1) is 10.6 Å². The number of nitrogens with one attached hydrogen (secondary N) is 1. The van der Waals surface area contributed by atoms with Crippen molar-refractivity contribution in [2.75, 3.05) is 6.54 Å². The maximum Gasteiger partial charge on any atom is 0.129 e. The summed E-state index contributed by atoms with van der Waals surface area (Å²) < 4.78 is 30.9. The zero-order valence-electron chi connectivity index (χ0n) is 12.2. The van der Waals surface area contributed by atoms with Gasteiger partial charge in [0.15, 0.2) is 0 Å². The number of hydrogen-bond acceptors (Lipinski definition) is 4. The second-order valence-corrected chi connectivity index (χ2v) is 5.67. The van der Waals surface area contributed by atoms with Crippen LogP contribution in [-0.4, -0.2) is 16.1 Å². The molecule has 114 valence electrons. The number of rotatable bonds is 7. The lowest BCUT2D eigenvalue weighted by molar-refractivity contribution is 0.510. The van der Waals surface area contributed by atoms with Gasteiger partial charge in [-0.2, -0.15) is 0 Å². The molecule has 0 aliphatic rings. The number of benzene rings is 1. The van der Waals surface area contributed by atoms with Gasteiger partial charge in [0.1, 0.15) is 11.6 Å². The van der Waals surface area contributed by atoms with Gasteiger partial charge in [0.25, 0.3) is 0 Å². The molecule has 21 heavy (non-hydrogen) atoms. The minimum atomic E-state index is -0.553. The van der Waals surface area contributed by atoms with E-state index in [2.05, 4.69) is 21.8 Å². The van der Waals surface area contributed by atoms with Crippen molar-refractivity contribution in [2.45, 2.75) is 39.2 Å². The molecule has 2 rings (SSSR count). The second-order valence-electron chi connectivity index (χ2n) is 4.88. The molecule has 0 aliphatic carbocycles. The summed E-state index contributed by atoms with van der Waals surface area (Å²) in [6.45, 7) is 4.93. The molecule has 1 heterocycles. The molecule has 3 nitrogen and oxygen atoms in total. The Morgan fingerprint density at radius 1 is 1.29 bits per heavy atom. The van der Waals surface area contributed by atoms with E-state index in [4.69, 9.17) is 0 Å². The number of aromatic nitrogens is 2. The van der Waals surface area contributed by atoms with Crippen LogP contribution in [0.15, 0.2) is 18.2 Å². The second kappa shape index (κ2) is 7.56. The Hall–Kier alpha value is -1.40. The van der Waals surface area contributed by atoms with E-state index in [0.29, 0.717) is 12.0 Å². The summed E-state index contributed by atoms with van der Waals surface area (Å²) in [4.78, 5) is 1.04. The quantitative estimate of drug-likeness (QED) is 0.848. The van der Waals surface area contributed by atoms with Crippen molar-refractivity contribution in [1.82, 2.24) is 14.9 Å². The zero-order valence-corrected chi connectivity index (χ0v) is 13.0. The summed E-state index contributed by atoms with van der Waals surface area (Å²) in [7, 11) is 0. The average molecular weight is 311 g/mol. The lowest BCUT2D eigenvalue weighted by Crippen LogP contribution is -2.24. The summed E-state index contributed by atoms with van der Waals surface area (Å²) in [5, 5.41) is 7.52. The predicted molar refractivity (Wildman–Crippen MR) is 80.4 cm³/mol. The van der Waals surface area contributed by atoms with Crippen LogP contribution in [0.3, 0.4) is 0 Å². The van der Waals surface area contributed by atoms with Gasteiger partial charge in [-0.05, 0) is 49.0 Å². The number of hydrogen-bond donors (Lipinski definition) is 1. The molecule has 6 heteroatoms. The predicted octanol–water partition coefficient (Wildman–Crippen LogP) is 3.66. The van der Waals surface area contributed by atoms with Crippen LogP contribution in [0.5, 0.6) is 0 Å². The molecular weight excluding hydrogens is 292 g/mol. The first-order chi connectivity index (χ1) is 10.2. The zero-order chi connectivity index (χ0) is 15.2. The standard InChI is InChI=1S/C15H19F2N3S/c1-3-7-18-14(15-13(4-2)19-20-21-15)8-10-5-6-11(16)9-12(10)17/h5-6,9,14,18H,3-4,7-8H2,1-2H3. The molecule has 0 fully saturated rings. The van der Waals surface area contributed by atoms with Crippen molar-refractivity contribution < 1.29 is 8.78 Å². The highest BCUT2D eigenvalue weighted by Gasteiger charge is 2.20. The van der Waals surface area contributed by atoms with E-state index in [9.17, 15) is 8.78 Å². The van der Waals surface area contributed by atoms with Crippen molar-refractivity contribution in [2.24, 2.45) is 0 Å². The molecule has 0 amide bonds. The van der Waals surface area contributed by atoms with Crippen LogP contribution in [0, 0.1) is 11.6 Å². The largest absolute Gasteiger partial charge is 0.309 e. The molecule has 0 saturated carbocycles. The SMILES string of the molecule is CCCNC(Cc1ccc(F)cc1F)c1snnc1CC. The molecule has 1 aromatic heterocycles. The Labute approximate surface area is 127 Å². The number of nitrogens with zero attached hydrogens (tertiary/aromatic N) is 2. The molecule has 0 radical (unpaired) electrons. The minimum absolute atomic E-state index is 0.0418. The molecule has 2 aromatic rings. The van der Waals surface area contributed by atoms with Crippen molar-refractivity contribution in [3.8, 4) is 0 Å². The highest BCUT2D eigenvalue weighted by Crippen LogP contribution is 2.26. The summed E-state index contributed by atoms with van der Waals surface area (Å²) in [6.07, 6.45) is 2.24. The van der Waals surface area contributed by atoms with Gasteiger partial charge in [0, 0.05) is 12.1 Å². The number of aryl methyl sites for hydroxylation is 1. The Kier molecular flexibility index (Phi) is 5.76. The maximum absolute atomic E-state index is 13.9. The summed E-state index contributed by atoms with van der Waals surface area (Å²) in [5.41, 5.74) is 1.44. The van der Waals surface area contributed by atoms with E-state index < -0.39 is 11.6 Å². The van der Waals surface area contributed by atoms with E-state index >= 15 is 0 Å². The van der Waals surface area contributed by atoms with Crippen molar-refractivity contribution in [1.29, 1.82) is 0 Å². The molecule has 0 saturated heterocycles. The van der Waals surface area contributed by atoms with E-state index in [1.807, 2.05) is 6.92 Å². The van der Waals surface area contributed by atoms with Gasteiger partial charge >= 0.3 is 0 Å². The number of halogens is 2. The fourth-order valence-electron chi connectivity index (χ4n) is 2.21. The normalized spacial score (nSPS) is 12.6. The van der Waals surface area contributed by atoms with Crippen LogP contribution < -0.4 is 5.32 Å². The average Bonchev–Trinajstić information content (AvgIpc) is 2.94. The minimum Gasteiger partial charge on any atom is -0.309 e. The van der Waals surface area contributed by atoms with Crippen molar-refractivity contribution >= 4 is 11.5 Å². The molecule has 0 aliphatic heterocycles. The Bertz CT molecular complexity index is 586. The summed E-state index contributed by atoms with van der Waals surface area (Å²) >= 11 is 1.34. The highest BCUT2D eigenvalue weighted by molar-refractivity contribution is 7.05. The first-order valence-corrected chi connectivity index (χ1v) is 7.91. The van der Waals surface area contributed by atoms with E-state index in [-0.39, 0.29) is 6.04 Å². The summed E-state index contributed by atoms with van der Waals surface area (Å²) in [5.74, 6) is -1.06. The first kappa shape index (κ1) is 16.0. The Morgan fingerprint density at radius 2 is 2.10 bits per heavy atom. The Morgan fingerprint density at radius 3 is 2.76 bits per heavy atom. The van der Waals surface area contributed by atoms with E-state index in [0.717, 1.165) is 36.0 Å². The first-order valence-electron chi connectivity index (χ1n) is 7.14. The van der Waals surface area contributed by atoms with Crippen LogP contribution in [0.1, 0.15) is 42.4 Å². The van der Waals surface area contributed by atoms with Gasteiger partial charge in [-0.15, -0.1) is 5.10 Å². The lowest BCUT2D eigenvalue weighted by atomic mass is 10.0. The third-order valence-corrected chi connectivity index (χ3v) is 4.20. The van der Waals surface area contributed by atoms with Crippen molar-refractivity contribution in [3.05, 3.63) is 46.0 Å². The highest BCUT2D eigenvalue weighted by atomic mass is 32.1. The maximum atomic E-state index is 13.9. The van der Waals surface area contributed by atoms with Gasteiger partial charge in [0.2, 0.25) is 0 Å². The summed E-state index contributed by atoms with van der Waals surface area (Å²) in [6, 6.07) is 3.68. The van der Waals surface area contributed by atoms with Crippen LogP contribution in [-0.2, 0) is 12.8 Å². The van der Waals surface area contributed by atoms with Gasteiger partial charge in [-0.3, -0.25) is 0 Å². The molecular formula is C15H19F2N3S. The van der Waals surface area contributed by atoms with E-state index in [1.54, 1.807) is 0 Å². The van der Waals surface area contributed by atoms with Gasteiger partial charge in [-0.1, -0.05) is 24.4 Å². The van der Waals surface area contributed by atoms with Gasteiger partial charge in [-0.25, -0.2) is 8.78 Å². The van der Waals surface area contributed by atoms with Crippen LogP contribution >= 0.6 is 11.5 Å². The lowest BCUT2D eigenvalue weighted by Gasteiger charge is -2.18. The van der Waals surface area contributed by atoms with Crippen LogP contribution in [0.25, 0.3) is 0 Å². The molecule has 1 unspecified atom stereocenters. The monoisotopic (exact) mass is 311 g/mol. The van der Waals surface area contributed by atoms with Crippen LogP contribution in [0.2, 0.25) is 0 Å². The van der Waals surface area contributed by atoms with Crippen molar-refractivity contribution in [3.63, 3.8) is 0 Å². The van der Waals surface area contributed by atoms with Crippen LogP contribution in [0.4, 0.5) is 8.78 Å². The molecule has 1 atom stereocenters. The third-order valence-electron chi connectivity index (χ3n) is 3.32. The fraction of sp³-hybridized carbons (Fsp3) is 0.467. The van der Waals surface area contributed by atoms with E-state index in [1.165, 1.54) is 23.7 Å².